The molecule has 0 saturated heterocycles. The number of hydrogen-bond acceptors (Lipinski definition) is 2. The Kier molecular flexibility index (Phi) is 6.75. The van der Waals surface area contributed by atoms with E-state index < -0.39 is 0 Å². The Morgan fingerprint density at radius 1 is 1.33 bits per heavy atom. The van der Waals surface area contributed by atoms with Gasteiger partial charge in [-0.1, -0.05) is 30.7 Å². The van der Waals surface area contributed by atoms with Crippen LogP contribution < -0.4 is 0 Å². The van der Waals surface area contributed by atoms with Crippen LogP contribution in [0.4, 0.5) is 0 Å². The van der Waals surface area contributed by atoms with Crippen LogP contribution in [0.5, 0.6) is 0 Å². The van der Waals surface area contributed by atoms with Crippen LogP contribution in [-0.4, -0.2) is 23.9 Å². The van der Waals surface area contributed by atoms with E-state index in [1.165, 1.54) is 15.6 Å². The number of halogens is 3. The van der Waals surface area contributed by atoms with E-state index in [1.54, 1.807) is 11.3 Å². The summed E-state index contributed by atoms with van der Waals surface area (Å²) in [5.41, 5.74) is 1.35. The maximum absolute atomic E-state index is 6.18. The Hall–Kier alpha value is 0.01000. The van der Waals surface area contributed by atoms with E-state index in [-0.39, 0.29) is 12.4 Å². The van der Waals surface area contributed by atoms with Crippen molar-refractivity contribution in [3.8, 4) is 0 Å². The van der Waals surface area contributed by atoms with Crippen molar-refractivity contribution in [1.29, 1.82) is 0 Å². The van der Waals surface area contributed by atoms with E-state index in [4.69, 9.17) is 23.2 Å². The molecule has 0 unspecified atom stereocenters. The van der Waals surface area contributed by atoms with Gasteiger partial charge < -0.3 is 0 Å². The first-order valence-electron chi connectivity index (χ1n) is 5.69. The van der Waals surface area contributed by atoms with Crippen molar-refractivity contribution in [2.75, 3.05) is 19.0 Å². The molecule has 0 amide bonds. The summed E-state index contributed by atoms with van der Waals surface area (Å²) in [6.45, 7) is 5.05. The molecule has 0 spiro atoms. The number of benzene rings is 1. The molecule has 1 aromatic carbocycles. The SMILES string of the molecule is CCN(CCCl)Cc1csc2c(Cl)cccc12.Cl. The summed E-state index contributed by atoms with van der Waals surface area (Å²) in [6.07, 6.45) is 0. The van der Waals surface area contributed by atoms with E-state index >= 15 is 0 Å². The minimum Gasteiger partial charge on any atom is -0.298 e. The van der Waals surface area contributed by atoms with Crippen molar-refractivity contribution < 1.29 is 0 Å². The molecular weight excluding hydrogens is 309 g/mol. The molecule has 0 aliphatic carbocycles. The lowest BCUT2D eigenvalue weighted by molar-refractivity contribution is 0.299. The first-order chi connectivity index (χ1) is 8.26. The van der Waals surface area contributed by atoms with Crippen LogP contribution in [0, 0.1) is 0 Å². The van der Waals surface area contributed by atoms with Gasteiger partial charge in [0.15, 0.2) is 0 Å². The molecule has 2 aromatic rings. The second-order valence-corrected chi connectivity index (χ2v) is 5.60. The van der Waals surface area contributed by atoms with Gasteiger partial charge in [0.25, 0.3) is 0 Å². The standard InChI is InChI=1S/C13H15Cl2NS.ClH/c1-2-16(7-6-14)8-10-9-17-13-11(10)4-3-5-12(13)15;/h3-5,9H,2,6-8H2,1H3;1H. The third-order valence-corrected chi connectivity index (χ3v) is 4.55. The monoisotopic (exact) mass is 323 g/mol. The van der Waals surface area contributed by atoms with Crippen molar-refractivity contribution in [1.82, 2.24) is 4.90 Å². The molecule has 5 heteroatoms. The summed E-state index contributed by atoms with van der Waals surface area (Å²) in [5.74, 6) is 0.677. The molecule has 0 N–H and O–H groups in total. The van der Waals surface area contributed by atoms with Gasteiger partial charge >= 0.3 is 0 Å². The molecule has 0 atom stereocenters. The highest BCUT2D eigenvalue weighted by Gasteiger charge is 2.09. The van der Waals surface area contributed by atoms with Gasteiger partial charge in [0.1, 0.15) is 0 Å². The molecule has 18 heavy (non-hydrogen) atoms. The quantitative estimate of drug-likeness (QED) is 0.697. The number of fused-ring (bicyclic) bond motifs is 1. The highest BCUT2D eigenvalue weighted by atomic mass is 35.5. The molecule has 1 heterocycles. The second-order valence-electron chi connectivity index (χ2n) is 3.94. The zero-order valence-electron chi connectivity index (χ0n) is 10.2. The average molecular weight is 325 g/mol. The Balaban J connectivity index is 0.00000162. The van der Waals surface area contributed by atoms with Gasteiger partial charge in [-0.3, -0.25) is 4.90 Å². The second kappa shape index (κ2) is 7.56. The third kappa shape index (κ3) is 3.52. The maximum atomic E-state index is 6.18. The van der Waals surface area contributed by atoms with E-state index in [2.05, 4.69) is 23.3 Å². The maximum Gasteiger partial charge on any atom is 0.0584 e. The minimum atomic E-state index is 0. The molecule has 0 bridgehead atoms. The fourth-order valence-corrected chi connectivity index (χ4v) is 3.42. The number of rotatable bonds is 5. The van der Waals surface area contributed by atoms with E-state index in [1.807, 2.05) is 12.1 Å². The topological polar surface area (TPSA) is 3.24 Å². The number of nitrogens with zero attached hydrogens (tertiary/aromatic N) is 1. The summed E-state index contributed by atoms with van der Waals surface area (Å²) in [7, 11) is 0. The van der Waals surface area contributed by atoms with Crippen molar-refractivity contribution in [3.05, 3.63) is 34.2 Å². The van der Waals surface area contributed by atoms with Gasteiger partial charge in [0.05, 0.1) is 9.72 Å². The molecule has 0 saturated carbocycles. The van der Waals surface area contributed by atoms with Crippen LogP contribution in [-0.2, 0) is 6.54 Å². The van der Waals surface area contributed by atoms with Crippen molar-refractivity contribution >= 4 is 57.0 Å². The molecule has 100 valence electrons. The van der Waals surface area contributed by atoms with Crippen molar-refractivity contribution in [2.45, 2.75) is 13.5 Å². The highest BCUT2D eigenvalue weighted by molar-refractivity contribution is 7.18. The molecule has 2 rings (SSSR count). The molecular formula is C13H16Cl3NS. The summed E-state index contributed by atoms with van der Waals surface area (Å²) in [6, 6.07) is 6.10. The zero-order valence-corrected chi connectivity index (χ0v) is 13.3. The molecule has 0 radical (unpaired) electrons. The predicted molar refractivity (Wildman–Crippen MR) is 85.8 cm³/mol. The van der Waals surface area contributed by atoms with Crippen LogP contribution in [0.25, 0.3) is 10.1 Å². The normalized spacial score (nSPS) is 10.9. The first-order valence-corrected chi connectivity index (χ1v) is 7.48. The lowest BCUT2D eigenvalue weighted by Gasteiger charge is -2.18. The summed E-state index contributed by atoms with van der Waals surface area (Å²) < 4.78 is 1.19. The van der Waals surface area contributed by atoms with Gasteiger partial charge in [-0.15, -0.1) is 35.3 Å². The predicted octanol–water partition coefficient (Wildman–Crippen LogP) is 5.04. The summed E-state index contributed by atoms with van der Waals surface area (Å²) in [4.78, 5) is 2.34. The smallest absolute Gasteiger partial charge is 0.0584 e. The van der Waals surface area contributed by atoms with Crippen LogP contribution in [0.3, 0.4) is 0 Å². The molecule has 1 aromatic heterocycles. The minimum absolute atomic E-state index is 0. The average Bonchev–Trinajstić information content (AvgIpc) is 2.73. The summed E-state index contributed by atoms with van der Waals surface area (Å²) in [5, 5.41) is 4.32. The third-order valence-electron chi connectivity index (χ3n) is 2.87. The lowest BCUT2D eigenvalue weighted by Crippen LogP contribution is -2.24. The van der Waals surface area contributed by atoms with E-state index in [0.29, 0.717) is 5.88 Å². The van der Waals surface area contributed by atoms with Gasteiger partial charge in [-0.05, 0) is 28.9 Å². The van der Waals surface area contributed by atoms with Crippen LogP contribution in [0.15, 0.2) is 23.6 Å². The fraction of sp³-hybridized carbons (Fsp3) is 0.385. The van der Waals surface area contributed by atoms with Gasteiger partial charge in [0.2, 0.25) is 0 Å². The number of hydrogen-bond donors (Lipinski definition) is 0. The summed E-state index contributed by atoms with van der Waals surface area (Å²) >= 11 is 13.7. The van der Waals surface area contributed by atoms with Crippen LogP contribution in [0.1, 0.15) is 12.5 Å². The number of thiophene rings is 1. The first kappa shape index (κ1) is 16.1. The highest BCUT2D eigenvalue weighted by Crippen LogP contribution is 2.32. The van der Waals surface area contributed by atoms with Crippen molar-refractivity contribution in [2.24, 2.45) is 0 Å². The van der Waals surface area contributed by atoms with Gasteiger partial charge in [-0.25, -0.2) is 0 Å². The molecule has 1 nitrogen and oxygen atoms in total. The van der Waals surface area contributed by atoms with Crippen molar-refractivity contribution in [3.63, 3.8) is 0 Å². The van der Waals surface area contributed by atoms with E-state index in [9.17, 15) is 0 Å². The van der Waals surface area contributed by atoms with Crippen LogP contribution >= 0.6 is 46.9 Å². The van der Waals surface area contributed by atoms with Crippen LogP contribution in [0.2, 0.25) is 5.02 Å². The van der Waals surface area contributed by atoms with Gasteiger partial charge in [-0.2, -0.15) is 0 Å². The fourth-order valence-electron chi connectivity index (χ4n) is 1.91. The molecule has 0 aliphatic rings. The Labute approximate surface area is 128 Å². The Bertz CT molecular complexity index is 498. The Morgan fingerprint density at radius 3 is 2.78 bits per heavy atom. The molecule has 0 fully saturated rings. The Morgan fingerprint density at radius 2 is 2.11 bits per heavy atom. The number of alkyl halides is 1. The lowest BCUT2D eigenvalue weighted by atomic mass is 10.1. The van der Waals surface area contributed by atoms with Gasteiger partial charge in [0, 0.05) is 19.0 Å². The zero-order chi connectivity index (χ0) is 12.3. The molecule has 0 aliphatic heterocycles. The largest absolute Gasteiger partial charge is 0.298 e. The van der Waals surface area contributed by atoms with E-state index in [0.717, 1.165) is 24.7 Å².